The smallest absolute Gasteiger partial charge is 0.414 e. The van der Waals surface area contributed by atoms with E-state index in [1.54, 1.807) is 30.5 Å². The first-order valence-corrected chi connectivity index (χ1v) is 14.5. The van der Waals surface area contributed by atoms with Gasteiger partial charge in [-0.2, -0.15) is 0 Å². The molecule has 11 heteroatoms. The number of carbonyl (C=O) groups excluding carboxylic acids is 3. The van der Waals surface area contributed by atoms with Gasteiger partial charge >= 0.3 is 12.2 Å². The van der Waals surface area contributed by atoms with Gasteiger partial charge in [0.1, 0.15) is 25.3 Å². The molecule has 4 aromatic rings. The summed E-state index contributed by atoms with van der Waals surface area (Å²) in [5.41, 5.74) is 2.78. The fraction of sp³-hybridized carbons (Fsp3) is 0.250. The molecule has 3 amide bonds. The lowest BCUT2D eigenvalue weighted by Crippen LogP contribution is -3.00. The highest BCUT2D eigenvalue weighted by Crippen LogP contribution is 2.23. The largest absolute Gasteiger partial charge is 1.00 e. The molecule has 1 heterocycles. The molecule has 0 fully saturated rings. The minimum absolute atomic E-state index is 0. The van der Waals surface area contributed by atoms with Crippen LogP contribution < -0.4 is 32.5 Å². The summed E-state index contributed by atoms with van der Waals surface area (Å²) in [5.74, 6) is -0.266. The summed E-state index contributed by atoms with van der Waals surface area (Å²) >= 11 is 3.44. The summed E-state index contributed by atoms with van der Waals surface area (Å²) in [5, 5.41) is 7.45. The van der Waals surface area contributed by atoms with E-state index in [0.717, 1.165) is 33.8 Å². The van der Waals surface area contributed by atoms with Crippen LogP contribution in [0.4, 0.5) is 21.0 Å². The van der Waals surface area contributed by atoms with Crippen LogP contribution in [0.5, 0.6) is 0 Å². The zero-order chi connectivity index (χ0) is 29.9. The Bertz CT molecular complexity index is 1550. The minimum atomic E-state index is -0.626. The lowest BCUT2D eigenvalue weighted by Gasteiger charge is -2.22. The molecule has 0 saturated carbocycles. The molecule has 0 radical (unpaired) electrons. The predicted molar refractivity (Wildman–Crippen MR) is 166 cm³/mol. The number of benzene rings is 3. The molecule has 0 unspecified atom stereocenters. The zero-order valence-electron chi connectivity index (χ0n) is 24.0. The summed E-state index contributed by atoms with van der Waals surface area (Å²) in [6, 6.07) is 22.4. The van der Waals surface area contributed by atoms with Crippen molar-refractivity contribution in [2.45, 2.75) is 26.8 Å². The van der Waals surface area contributed by atoms with Crippen molar-refractivity contribution in [3.63, 3.8) is 0 Å². The van der Waals surface area contributed by atoms with Crippen molar-refractivity contribution in [3.8, 4) is 0 Å². The predicted octanol–water partition coefficient (Wildman–Crippen LogP) is 3.23. The van der Waals surface area contributed by atoms with Gasteiger partial charge in [0, 0.05) is 17.5 Å². The molecular formula is C32H34BrClN4O5. The van der Waals surface area contributed by atoms with Gasteiger partial charge in [-0.25, -0.2) is 14.2 Å². The summed E-state index contributed by atoms with van der Waals surface area (Å²) < 4.78 is 13.6. The molecule has 0 bridgehead atoms. The number of hydrogen-bond donors (Lipinski definition) is 2. The van der Waals surface area contributed by atoms with Gasteiger partial charge in [-0.05, 0) is 52.5 Å². The number of nitrogens with one attached hydrogen (secondary N) is 2. The van der Waals surface area contributed by atoms with Gasteiger partial charge in [-0.1, -0.05) is 61.0 Å². The average molecular weight is 670 g/mol. The molecule has 43 heavy (non-hydrogen) atoms. The van der Waals surface area contributed by atoms with Crippen molar-refractivity contribution in [1.29, 1.82) is 0 Å². The number of fused-ring (bicyclic) bond motifs is 1. The van der Waals surface area contributed by atoms with E-state index in [-0.39, 0.29) is 44.6 Å². The van der Waals surface area contributed by atoms with E-state index in [4.69, 9.17) is 9.47 Å². The number of anilines is 2. The van der Waals surface area contributed by atoms with Crippen molar-refractivity contribution in [3.05, 3.63) is 101 Å². The quantitative estimate of drug-likeness (QED) is 0.189. The summed E-state index contributed by atoms with van der Waals surface area (Å²) in [7, 11) is 0. The number of pyridine rings is 1. The lowest BCUT2D eigenvalue weighted by atomic mass is 10.1. The SMILES string of the molecule is CCC[n+]1cc(Br)cc(C(=O)NCCOC(=O)N(CCOC(=O)Nc2cccc3ccccc23)c2ccc(C)cc2)c1.[Cl-]. The Kier molecular flexibility index (Phi) is 12.8. The molecule has 0 aliphatic carbocycles. The number of amides is 3. The van der Waals surface area contributed by atoms with Crippen molar-refractivity contribution in [1.82, 2.24) is 5.32 Å². The summed E-state index contributed by atoms with van der Waals surface area (Å²) in [6.45, 7) is 4.93. The van der Waals surface area contributed by atoms with Crippen LogP contribution in [0.15, 0.2) is 89.7 Å². The third-order valence-electron chi connectivity index (χ3n) is 6.39. The van der Waals surface area contributed by atoms with E-state index in [2.05, 4.69) is 33.5 Å². The molecule has 0 aliphatic rings. The lowest BCUT2D eigenvalue weighted by molar-refractivity contribution is -0.697. The number of nitrogens with zero attached hydrogens (tertiary/aromatic N) is 2. The molecule has 0 saturated heterocycles. The van der Waals surface area contributed by atoms with Crippen molar-refractivity contribution < 1.29 is 40.8 Å². The van der Waals surface area contributed by atoms with Crippen LogP contribution >= 0.6 is 15.9 Å². The second-order valence-electron chi connectivity index (χ2n) is 9.63. The van der Waals surface area contributed by atoms with E-state index in [1.807, 2.05) is 66.2 Å². The average Bonchev–Trinajstić information content (AvgIpc) is 2.98. The number of halogens is 2. The Morgan fingerprint density at radius 1 is 0.930 bits per heavy atom. The van der Waals surface area contributed by atoms with E-state index in [0.29, 0.717) is 16.9 Å². The Balaban J connectivity index is 0.00000506. The van der Waals surface area contributed by atoms with Crippen LogP contribution in [0, 0.1) is 6.92 Å². The van der Waals surface area contributed by atoms with Crippen molar-refractivity contribution >= 4 is 56.2 Å². The first-order valence-electron chi connectivity index (χ1n) is 13.7. The molecule has 0 aliphatic heterocycles. The van der Waals surface area contributed by atoms with Crippen molar-refractivity contribution in [2.24, 2.45) is 0 Å². The van der Waals surface area contributed by atoms with Crippen molar-refractivity contribution in [2.75, 3.05) is 36.5 Å². The van der Waals surface area contributed by atoms with E-state index in [1.165, 1.54) is 4.90 Å². The van der Waals surface area contributed by atoms with Gasteiger partial charge in [0.25, 0.3) is 5.91 Å². The van der Waals surface area contributed by atoms with Gasteiger partial charge in [0.2, 0.25) is 0 Å². The Morgan fingerprint density at radius 2 is 1.67 bits per heavy atom. The van der Waals surface area contributed by atoms with E-state index >= 15 is 0 Å². The standard InChI is InChI=1S/C32H33BrN4O5.ClH/c1-3-16-36-21-25(20-26(33)22-36)30(38)34-15-18-42-32(40)37(27-13-11-23(2)12-14-27)17-19-41-31(39)35-29-10-6-8-24-7-4-5-9-28(24)29;/h4-14,20-22H,3,15-19H2,1-2H3,(H-,34,35,38,39);1H. The van der Waals surface area contributed by atoms with E-state index in [9.17, 15) is 14.4 Å². The molecule has 0 spiro atoms. The van der Waals surface area contributed by atoms with Gasteiger partial charge in [-0.3, -0.25) is 15.0 Å². The number of aryl methyl sites for hydroxylation is 2. The monoisotopic (exact) mass is 668 g/mol. The highest BCUT2D eigenvalue weighted by atomic mass is 79.9. The Labute approximate surface area is 265 Å². The fourth-order valence-corrected chi connectivity index (χ4v) is 4.86. The highest BCUT2D eigenvalue weighted by Gasteiger charge is 2.19. The molecule has 4 rings (SSSR count). The Morgan fingerprint density at radius 3 is 2.44 bits per heavy atom. The summed E-state index contributed by atoms with van der Waals surface area (Å²) in [6.07, 6.45) is 3.40. The molecule has 1 aromatic heterocycles. The third kappa shape index (κ3) is 9.69. The maximum absolute atomic E-state index is 13.0. The molecule has 226 valence electrons. The number of aromatic nitrogens is 1. The van der Waals surface area contributed by atoms with Gasteiger partial charge in [-0.15, -0.1) is 0 Å². The van der Waals surface area contributed by atoms with Crippen LogP contribution in [-0.4, -0.2) is 44.4 Å². The van der Waals surface area contributed by atoms with Gasteiger partial charge < -0.3 is 27.2 Å². The topological polar surface area (TPSA) is 101 Å². The zero-order valence-corrected chi connectivity index (χ0v) is 26.4. The number of rotatable bonds is 11. The molecule has 9 nitrogen and oxygen atoms in total. The molecule has 3 aromatic carbocycles. The second kappa shape index (κ2) is 16.5. The number of ether oxygens (including phenoxy) is 2. The normalized spacial score (nSPS) is 10.4. The summed E-state index contributed by atoms with van der Waals surface area (Å²) in [4.78, 5) is 39.6. The van der Waals surface area contributed by atoms with E-state index < -0.39 is 12.2 Å². The molecular weight excluding hydrogens is 636 g/mol. The van der Waals surface area contributed by atoms with Crippen LogP contribution in [0.25, 0.3) is 10.8 Å². The van der Waals surface area contributed by atoms with Crippen LogP contribution in [0.1, 0.15) is 29.3 Å². The third-order valence-corrected chi connectivity index (χ3v) is 6.82. The van der Waals surface area contributed by atoms with Crippen LogP contribution in [0.3, 0.4) is 0 Å². The molecule has 2 N–H and O–H groups in total. The van der Waals surface area contributed by atoms with Gasteiger partial charge in [0.05, 0.1) is 23.2 Å². The molecule has 0 atom stereocenters. The number of hydrogen-bond acceptors (Lipinski definition) is 5. The minimum Gasteiger partial charge on any atom is -1.00 e. The highest BCUT2D eigenvalue weighted by molar-refractivity contribution is 9.10. The van der Waals surface area contributed by atoms with Crippen LogP contribution in [0.2, 0.25) is 0 Å². The first kappa shape index (κ1) is 33.4. The maximum atomic E-state index is 13.0. The van der Waals surface area contributed by atoms with Gasteiger partial charge in [0.15, 0.2) is 12.4 Å². The second-order valence-corrected chi connectivity index (χ2v) is 10.5. The fourth-order valence-electron chi connectivity index (χ4n) is 4.35. The first-order chi connectivity index (χ1) is 20.3. The Hall–Kier alpha value is -4.15. The number of carbonyl (C=O) groups is 3. The maximum Gasteiger partial charge on any atom is 0.414 e. The van der Waals surface area contributed by atoms with Crippen LogP contribution in [-0.2, 0) is 16.0 Å².